The molecule has 6 rings (SSSR count). The molecular formula is C31H24Cl2N2O6S. The predicted octanol–water partition coefficient (Wildman–Crippen LogP) is 5.41. The molecule has 1 atom stereocenters. The van der Waals surface area contributed by atoms with Crippen LogP contribution in [0.15, 0.2) is 81.7 Å². The van der Waals surface area contributed by atoms with Crippen LogP contribution in [0.4, 0.5) is 0 Å². The number of allylic oxidation sites excluding steroid dienone is 1. The Hall–Kier alpha value is -4.05. The second-order valence-corrected chi connectivity index (χ2v) is 11.3. The number of benzene rings is 3. The minimum Gasteiger partial charge on any atom is -0.488 e. The summed E-state index contributed by atoms with van der Waals surface area (Å²) in [7, 11) is 0. The summed E-state index contributed by atoms with van der Waals surface area (Å²) in [6, 6.07) is 17.4. The van der Waals surface area contributed by atoms with Crippen LogP contribution in [0, 0.1) is 0 Å². The van der Waals surface area contributed by atoms with Crippen LogP contribution in [0.3, 0.4) is 0 Å². The molecule has 0 amide bonds. The molecule has 3 heterocycles. The van der Waals surface area contributed by atoms with Crippen LogP contribution in [-0.4, -0.2) is 23.9 Å². The molecule has 11 heteroatoms. The van der Waals surface area contributed by atoms with Crippen LogP contribution in [0.1, 0.15) is 36.6 Å². The first-order valence-corrected chi connectivity index (χ1v) is 14.7. The van der Waals surface area contributed by atoms with Gasteiger partial charge in [-0.3, -0.25) is 9.36 Å². The smallest absolute Gasteiger partial charge is 0.338 e. The van der Waals surface area contributed by atoms with Crippen molar-refractivity contribution in [3.63, 3.8) is 0 Å². The van der Waals surface area contributed by atoms with Gasteiger partial charge in [0.05, 0.1) is 38.5 Å². The highest BCUT2D eigenvalue weighted by molar-refractivity contribution is 7.07. The predicted molar refractivity (Wildman–Crippen MR) is 160 cm³/mol. The maximum absolute atomic E-state index is 14.0. The standard InChI is InChI=1S/C31H24Cl2N2O6S/c1-3-38-30(37)27-17(2)34-31-35(28(27)20-9-11-24-25(13-20)41-16-40-24)29(36)26(42-31)14-19-6-4-5-7-23(19)39-15-18-8-10-21(32)22(33)12-18/h4-14,28H,3,15-16H2,1-2H3/b26-14-/t28-/m0/s1. The van der Waals surface area contributed by atoms with Gasteiger partial charge in [-0.15, -0.1) is 0 Å². The number of carbonyl (C=O) groups excluding carboxylic acids is 1. The molecule has 2 aliphatic heterocycles. The number of para-hydroxylation sites is 1. The SMILES string of the molecule is CCOC(=O)C1=C(C)N=c2s/c(=C\c3ccccc3OCc3ccc(Cl)c(Cl)c3)c(=O)n2[C@H]1c1ccc2c(c1)OCO2. The van der Waals surface area contributed by atoms with E-state index < -0.39 is 12.0 Å². The first kappa shape index (κ1) is 28.1. The monoisotopic (exact) mass is 622 g/mol. The Morgan fingerprint density at radius 1 is 1.10 bits per heavy atom. The van der Waals surface area contributed by atoms with Crippen molar-refractivity contribution in [2.75, 3.05) is 13.4 Å². The number of carbonyl (C=O) groups is 1. The van der Waals surface area contributed by atoms with Gasteiger partial charge in [0, 0.05) is 5.56 Å². The zero-order chi connectivity index (χ0) is 29.4. The fourth-order valence-electron chi connectivity index (χ4n) is 4.85. The Morgan fingerprint density at radius 3 is 2.71 bits per heavy atom. The molecule has 2 aliphatic rings. The van der Waals surface area contributed by atoms with Gasteiger partial charge in [0.15, 0.2) is 16.3 Å². The molecule has 0 fully saturated rings. The van der Waals surface area contributed by atoms with Crippen molar-refractivity contribution in [1.29, 1.82) is 0 Å². The lowest BCUT2D eigenvalue weighted by Gasteiger charge is -2.24. The van der Waals surface area contributed by atoms with E-state index in [1.807, 2.05) is 36.4 Å². The van der Waals surface area contributed by atoms with E-state index in [0.29, 0.717) is 59.0 Å². The third-order valence-corrected chi connectivity index (χ3v) is 8.54. The molecule has 0 spiro atoms. The van der Waals surface area contributed by atoms with E-state index in [4.69, 9.17) is 42.1 Å². The Kier molecular flexibility index (Phi) is 7.81. The summed E-state index contributed by atoms with van der Waals surface area (Å²) >= 11 is 13.4. The van der Waals surface area contributed by atoms with E-state index in [9.17, 15) is 9.59 Å². The Labute approximate surface area is 254 Å². The molecule has 0 unspecified atom stereocenters. The second-order valence-electron chi connectivity index (χ2n) is 9.49. The largest absolute Gasteiger partial charge is 0.488 e. The molecule has 4 aromatic rings. The fraction of sp³-hybridized carbons (Fsp3) is 0.194. The number of aromatic nitrogens is 1. The third kappa shape index (κ3) is 5.31. The highest BCUT2D eigenvalue weighted by Crippen LogP contribution is 2.38. The van der Waals surface area contributed by atoms with E-state index in [-0.39, 0.29) is 25.6 Å². The Morgan fingerprint density at radius 2 is 1.90 bits per heavy atom. The van der Waals surface area contributed by atoms with Crippen LogP contribution in [0.5, 0.6) is 17.2 Å². The summed E-state index contributed by atoms with van der Waals surface area (Å²) in [6.07, 6.45) is 1.77. The molecular weight excluding hydrogens is 599 g/mol. The third-order valence-electron chi connectivity index (χ3n) is 6.81. The van der Waals surface area contributed by atoms with Gasteiger partial charge in [0.1, 0.15) is 12.4 Å². The Bertz CT molecular complexity index is 1930. The summed E-state index contributed by atoms with van der Waals surface area (Å²) in [5, 5.41) is 0.915. The van der Waals surface area contributed by atoms with Crippen LogP contribution >= 0.6 is 34.5 Å². The highest BCUT2D eigenvalue weighted by Gasteiger charge is 2.34. The molecule has 214 valence electrons. The van der Waals surface area contributed by atoms with Crippen molar-refractivity contribution in [2.24, 2.45) is 4.99 Å². The number of ether oxygens (including phenoxy) is 4. The molecule has 0 bridgehead atoms. The summed E-state index contributed by atoms with van der Waals surface area (Å²) in [5.74, 6) is 1.20. The van der Waals surface area contributed by atoms with Gasteiger partial charge in [-0.25, -0.2) is 9.79 Å². The van der Waals surface area contributed by atoms with E-state index in [0.717, 1.165) is 5.56 Å². The normalized spacial score (nSPS) is 15.8. The average Bonchev–Trinajstić information content (AvgIpc) is 3.57. The number of hydrogen-bond acceptors (Lipinski definition) is 8. The lowest BCUT2D eigenvalue weighted by Crippen LogP contribution is -2.39. The van der Waals surface area contributed by atoms with Crippen LogP contribution in [0.25, 0.3) is 6.08 Å². The molecule has 1 aromatic heterocycles. The van der Waals surface area contributed by atoms with Gasteiger partial charge in [0.2, 0.25) is 6.79 Å². The molecule has 42 heavy (non-hydrogen) atoms. The Balaban J connectivity index is 1.43. The van der Waals surface area contributed by atoms with Gasteiger partial charge < -0.3 is 18.9 Å². The number of halogens is 2. The summed E-state index contributed by atoms with van der Waals surface area (Å²) in [6.45, 7) is 4.03. The highest BCUT2D eigenvalue weighted by atomic mass is 35.5. The fourth-order valence-corrected chi connectivity index (χ4v) is 6.21. The number of esters is 1. The van der Waals surface area contributed by atoms with E-state index in [1.165, 1.54) is 15.9 Å². The van der Waals surface area contributed by atoms with Crippen LogP contribution in [0.2, 0.25) is 10.0 Å². The van der Waals surface area contributed by atoms with Gasteiger partial charge in [-0.05, 0) is 61.4 Å². The molecule has 0 N–H and O–H groups in total. The van der Waals surface area contributed by atoms with Gasteiger partial charge in [-0.1, -0.05) is 64.9 Å². The zero-order valence-electron chi connectivity index (χ0n) is 22.6. The maximum Gasteiger partial charge on any atom is 0.338 e. The topological polar surface area (TPSA) is 88.4 Å². The molecule has 0 saturated carbocycles. The first-order valence-electron chi connectivity index (χ1n) is 13.1. The molecule has 0 saturated heterocycles. The molecule has 0 radical (unpaired) electrons. The summed E-state index contributed by atoms with van der Waals surface area (Å²) in [4.78, 5) is 32.3. The number of nitrogens with zero attached hydrogens (tertiary/aromatic N) is 2. The maximum atomic E-state index is 14.0. The second kappa shape index (κ2) is 11.7. The van der Waals surface area contributed by atoms with Crippen molar-refractivity contribution in [3.8, 4) is 17.2 Å². The van der Waals surface area contributed by atoms with E-state index in [2.05, 4.69) is 4.99 Å². The number of hydrogen-bond donors (Lipinski definition) is 0. The van der Waals surface area contributed by atoms with Gasteiger partial charge in [0.25, 0.3) is 5.56 Å². The molecule has 8 nitrogen and oxygen atoms in total. The van der Waals surface area contributed by atoms with Crippen LogP contribution < -0.4 is 29.1 Å². The van der Waals surface area contributed by atoms with Crippen molar-refractivity contribution < 1.29 is 23.7 Å². The van der Waals surface area contributed by atoms with Crippen molar-refractivity contribution in [3.05, 3.63) is 118 Å². The van der Waals surface area contributed by atoms with E-state index >= 15 is 0 Å². The summed E-state index contributed by atoms with van der Waals surface area (Å²) in [5.41, 5.74) is 2.71. The lowest BCUT2D eigenvalue weighted by atomic mass is 9.95. The zero-order valence-corrected chi connectivity index (χ0v) is 24.9. The van der Waals surface area contributed by atoms with Gasteiger partial charge in [-0.2, -0.15) is 0 Å². The van der Waals surface area contributed by atoms with E-state index in [1.54, 1.807) is 44.2 Å². The molecule has 3 aromatic carbocycles. The van der Waals surface area contributed by atoms with Crippen molar-refractivity contribution in [1.82, 2.24) is 4.57 Å². The van der Waals surface area contributed by atoms with Crippen LogP contribution in [-0.2, 0) is 16.1 Å². The first-order chi connectivity index (χ1) is 20.3. The average molecular weight is 624 g/mol. The lowest BCUT2D eigenvalue weighted by molar-refractivity contribution is -0.139. The molecule has 0 aliphatic carbocycles. The number of thiazole rings is 1. The van der Waals surface area contributed by atoms with Crippen molar-refractivity contribution in [2.45, 2.75) is 26.5 Å². The number of fused-ring (bicyclic) bond motifs is 2. The van der Waals surface area contributed by atoms with Crippen molar-refractivity contribution >= 4 is 46.6 Å². The minimum absolute atomic E-state index is 0.105. The quantitative estimate of drug-likeness (QED) is 0.256. The van der Waals surface area contributed by atoms with Gasteiger partial charge >= 0.3 is 5.97 Å². The summed E-state index contributed by atoms with van der Waals surface area (Å²) < 4.78 is 24.5. The number of rotatable bonds is 7. The minimum atomic E-state index is -0.766.